The van der Waals surface area contributed by atoms with Crippen molar-refractivity contribution in [1.29, 1.82) is 0 Å². The van der Waals surface area contributed by atoms with Crippen LogP contribution in [0.15, 0.2) is 42.5 Å². The molecule has 0 bridgehead atoms. The summed E-state index contributed by atoms with van der Waals surface area (Å²) in [7, 11) is 0. The summed E-state index contributed by atoms with van der Waals surface area (Å²) in [5, 5.41) is 13.4. The zero-order valence-corrected chi connectivity index (χ0v) is 14.7. The van der Waals surface area contributed by atoms with Crippen molar-refractivity contribution < 1.29 is 14.6 Å². The van der Waals surface area contributed by atoms with Crippen molar-refractivity contribution in [3.05, 3.63) is 53.7 Å². The molecule has 1 heterocycles. The Morgan fingerprint density at radius 3 is 2.68 bits per heavy atom. The zero-order chi connectivity index (χ0) is 18.0. The summed E-state index contributed by atoms with van der Waals surface area (Å²) in [6.07, 6.45) is 0. The number of anilines is 1. The Morgan fingerprint density at radius 2 is 2.00 bits per heavy atom. The molecule has 0 aliphatic carbocycles. The molecule has 1 aromatic heterocycles. The predicted octanol–water partition coefficient (Wildman–Crippen LogP) is 4.33. The molecule has 3 rings (SSSR count). The number of nitrogens with one attached hydrogen (secondary N) is 1. The Morgan fingerprint density at radius 1 is 1.20 bits per heavy atom. The second-order valence-electron chi connectivity index (χ2n) is 5.83. The molecule has 25 heavy (non-hydrogen) atoms. The van der Waals surface area contributed by atoms with Gasteiger partial charge in [0.15, 0.2) is 0 Å². The molecule has 2 N–H and O–H groups in total. The number of ether oxygens (including phenoxy) is 1. The van der Waals surface area contributed by atoms with Gasteiger partial charge in [0.05, 0.1) is 6.61 Å². The van der Waals surface area contributed by atoms with E-state index in [2.05, 4.69) is 5.32 Å². The molecule has 0 radical (unpaired) electrons. The molecule has 3 aromatic rings. The quantitative estimate of drug-likeness (QED) is 0.728. The largest absolute Gasteiger partial charge is 0.508 e. The third-order valence-electron chi connectivity index (χ3n) is 4.23. The summed E-state index contributed by atoms with van der Waals surface area (Å²) >= 11 is 0. The van der Waals surface area contributed by atoms with Crippen LogP contribution in [0.2, 0.25) is 0 Å². The average Bonchev–Trinajstić information content (AvgIpc) is 2.87. The van der Waals surface area contributed by atoms with Gasteiger partial charge >= 0.3 is 0 Å². The summed E-state index contributed by atoms with van der Waals surface area (Å²) in [6.45, 7) is 7.19. The van der Waals surface area contributed by atoms with E-state index in [1.54, 1.807) is 18.2 Å². The zero-order valence-electron chi connectivity index (χ0n) is 14.7. The van der Waals surface area contributed by atoms with Crippen molar-refractivity contribution in [2.75, 3.05) is 11.9 Å². The third-order valence-corrected chi connectivity index (χ3v) is 4.23. The summed E-state index contributed by atoms with van der Waals surface area (Å²) in [6, 6.07) is 12.4. The molecule has 0 aliphatic rings. The van der Waals surface area contributed by atoms with Gasteiger partial charge < -0.3 is 19.7 Å². The van der Waals surface area contributed by atoms with Crippen LogP contribution in [0.25, 0.3) is 10.9 Å². The first kappa shape index (κ1) is 16.9. The van der Waals surface area contributed by atoms with E-state index in [0.29, 0.717) is 24.5 Å². The van der Waals surface area contributed by atoms with Crippen LogP contribution in [0.1, 0.15) is 29.9 Å². The van der Waals surface area contributed by atoms with E-state index in [-0.39, 0.29) is 11.7 Å². The first-order chi connectivity index (χ1) is 12.0. The van der Waals surface area contributed by atoms with Crippen molar-refractivity contribution >= 4 is 22.5 Å². The summed E-state index contributed by atoms with van der Waals surface area (Å²) < 4.78 is 7.58. The second kappa shape index (κ2) is 6.89. The maximum atomic E-state index is 12.9. The third kappa shape index (κ3) is 3.18. The number of nitrogens with zero attached hydrogens (tertiary/aromatic N) is 1. The number of hydrogen-bond donors (Lipinski definition) is 2. The van der Waals surface area contributed by atoms with Crippen molar-refractivity contribution in [1.82, 2.24) is 4.57 Å². The number of amides is 1. The monoisotopic (exact) mass is 338 g/mol. The number of hydrogen-bond acceptors (Lipinski definition) is 3. The van der Waals surface area contributed by atoms with Gasteiger partial charge in [0.25, 0.3) is 5.91 Å². The molecule has 1 amide bonds. The van der Waals surface area contributed by atoms with Crippen LogP contribution >= 0.6 is 0 Å². The number of rotatable bonds is 5. The number of fused-ring (bicyclic) bond motifs is 1. The first-order valence-corrected chi connectivity index (χ1v) is 8.41. The van der Waals surface area contributed by atoms with Gasteiger partial charge in [-0.05, 0) is 56.7 Å². The van der Waals surface area contributed by atoms with Gasteiger partial charge in [-0.1, -0.05) is 6.07 Å². The number of aromatic hydroxyl groups is 1. The van der Waals surface area contributed by atoms with Crippen LogP contribution < -0.4 is 10.1 Å². The molecule has 0 saturated heterocycles. The van der Waals surface area contributed by atoms with Crippen molar-refractivity contribution in [2.45, 2.75) is 27.3 Å². The lowest BCUT2D eigenvalue weighted by atomic mass is 10.1. The van der Waals surface area contributed by atoms with Crippen LogP contribution in [0.4, 0.5) is 5.69 Å². The number of aryl methyl sites for hydroxylation is 2. The summed E-state index contributed by atoms with van der Waals surface area (Å²) in [5.41, 5.74) is 3.10. The number of phenols is 1. The van der Waals surface area contributed by atoms with Gasteiger partial charge in [-0.2, -0.15) is 0 Å². The van der Waals surface area contributed by atoms with Gasteiger partial charge in [0, 0.05) is 29.2 Å². The fourth-order valence-corrected chi connectivity index (χ4v) is 3.15. The number of carbonyl (C=O) groups is 1. The lowest BCUT2D eigenvalue weighted by Gasteiger charge is -2.10. The maximum absolute atomic E-state index is 12.9. The van der Waals surface area contributed by atoms with Gasteiger partial charge in [-0.3, -0.25) is 4.79 Å². The topological polar surface area (TPSA) is 63.5 Å². The normalized spacial score (nSPS) is 10.8. The maximum Gasteiger partial charge on any atom is 0.272 e. The van der Waals surface area contributed by atoms with Gasteiger partial charge in [-0.15, -0.1) is 0 Å². The molecule has 2 aromatic carbocycles. The second-order valence-corrected chi connectivity index (χ2v) is 5.83. The predicted molar refractivity (Wildman–Crippen MR) is 99.6 cm³/mol. The SMILES string of the molecule is CCOc1ccc2c(c1)c(C)c(C(=O)Nc1cccc(O)c1)n2CC. The Bertz CT molecular complexity index is 928. The molecule has 0 saturated carbocycles. The Kier molecular flexibility index (Phi) is 4.65. The molecule has 0 fully saturated rings. The van der Waals surface area contributed by atoms with Crippen LogP contribution in [0.5, 0.6) is 11.5 Å². The lowest BCUT2D eigenvalue weighted by molar-refractivity contribution is 0.101. The molecular formula is C20H22N2O3. The standard InChI is InChI=1S/C20H22N2O3/c1-4-22-18-10-9-16(25-5-2)12-17(18)13(3)19(22)20(24)21-14-7-6-8-15(23)11-14/h6-12,23H,4-5H2,1-3H3,(H,21,24). The average molecular weight is 338 g/mol. The van der Waals surface area contributed by atoms with Crippen LogP contribution in [-0.2, 0) is 6.54 Å². The first-order valence-electron chi connectivity index (χ1n) is 8.41. The van der Waals surface area contributed by atoms with E-state index >= 15 is 0 Å². The van der Waals surface area contributed by atoms with E-state index in [9.17, 15) is 9.90 Å². The van der Waals surface area contributed by atoms with Gasteiger partial charge in [0.1, 0.15) is 17.2 Å². The van der Waals surface area contributed by atoms with Crippen LogP contribution in [0, 0.1) is 6.92 Å². The molecule has 0 unspecified atom stereocenters. The smallest absolute Gasteiger partial charge is 0.272 e. The highest BCUT2D eigenvalue weighted by Crippen LogP contribution is 2.30. The minimum Gasteiger partial charge on any atom is -0.508 e. The van der Waals surface area contributed by atoms with E-state index in [1.807, 2.05) is 43.5 Å². The van der Waals surface area contributed by atoms with Crippen molar-refractivity contribution in [2.24, 2.45) is 0 Å². The number of benzene rings is 2. The molecule has 0 spiro atoms. The Hall–Kier alpha value is -2.95. The number of aromatic nitrogens is 1. The molecule has 0 atom stereocenters. The minimum atomic E-state index is -0.195. The van der Waals surface area contributed by atoms with Crippen molar-refractivity contribution in [3.63, 3.8) is 0 Å². The van der Waals surface area contributed by atoms with E-state index < -0.39 is 0 Å². The molecular weight excluding hydrogens is 316 g/mol. The number of phenolic OH excluding ortho intramolecular Hbond substituents is 1. The van der Waals surface area contributed by atoms with Gasteiger partial charge in [0.2, 0.25) is 0 Å². The Labute approximate surface area is 146 Å². The molecule has 5 heteroatoms. The van der Waals surface area contributed by atoms with Crippen LogP contribution in [0.3, 0.4) is 0 Å². The summed E-state index contributed by atoms with van der Waals surface area (Å²) in [4.78, 5) is 12.9. The minimum absolute atomic E-state index is 0.118. The highest BCUT2D eigenvalue weighted by atomic mass is 16.5. The van der Waals surface area contributed by atoms with E-state index in [0.717, 1.165) is 22.2 Å². The van der Waals surface area contributed by atoms with Gasteiger partial charge in [-0.25, -0.2) is 0 Å². The highest BCUT2D eigenvalue weighted by Gasteiger charge is 2.20. The Balaban J connectivity index is 2.05. The summed E-state index contributed by atoms with van der Waals surface area (Å²) in [5.74, 6) is 0.720. The molecule has 5 nitrogen and oxygen atoms in total. The van der Waals surface area contributed by atoms with Crippen molar-refractivity contribution in [3.8, 4) is 11.5 Å². The van der Waals surface area contributed by atoms with Crippen LogP contribution in [-0.4, -0.2) is 22.2 Å². The fourth-order valence-electron chi connectivity index (χ4n) is 3.15. The highest BCUT2D eigenvalue weighted by molar-refractivity contribution is 6.08. The molecule has 130 valence electrons. The van der Waals surface area contributed by atoms with E-state index in [4.69, 9.17) is 4.74 Å². The van der Waals surface area contributed by atoms with E-state index in [1.165, 1.54) is 6.07 Å². The lowest BCUT2D eigenvalue weighted by Crippen LogP contribution is -2.17. The molecule has 0 aliphatic heterocycles. The number of carbonyl (C=O) groups excluding carboxylic acids is 1. The fraction of sp³-hybridized carbons (Fsp3) is 0.250.